The Morgan fingerprint density at radius 1 is 1.35 bits per heavy atom. The van der Waals surface area contributed by atoms with Crippen LogP contribution in [0, 0.1) is 5.92 Å². The van der Waals surface area contributed by atoms with Gasteiger partial charge in [-0.05, 0) is 57.2 Å². The van der Waals surface area contributed by atoms with Gasteiger partial charge in [0.15, 0.2) is 0 Å². The van der Waals surface area contributed by atoms with Crippen LogP contribution >= 0.6 is 0 Å². The lowest BCUT2D eigenvalue weighted by Crippen LogP contribution is -2.42. The van der Waals surface area contributed by atoms with E-state index in [1.807, 2.05) is 18.2 Å². The topological polar surface area (TPSA) is 92.4 Å². The van der Waals surface area contributed by atoms with Crippen LogP contribution in [-0.2, 0) is 11.2 Å². The Labute approximate surface area is 137 Å². The summed E-state index contributed by atoms with van der Waals surface area (Å²) in [6.45, 7) is 3.54. The molecule has 4 N–H and O–H groups in total. The third-order valence-electron chi connectivity index (χ3n) is 4.41. The van der Waals surface area contributed by atoms with Crippen LogP contribution in [0.25, 0.3) is 0 Å². The van der Waals surface area contributed by atoms with Gasteiger partial charge < -0.3 is 16.2 Å². The van der Waals surface area contributed by atoms with Gasteiger partial charge in [0, 0.05) is 11.6 Å². The minimum Gasteiger partial charge on any atom is -0.390 e. The lowest BCUT2D eigenvalue weighted by molar-refractivity contribution is -0.122. The lowest BCUT2D eigenvalue weighted by atomic mass is 9.97. The van der Waals surface area contributed by atoms with E-state index < -0.39 is 5.60 Å². The molecular formula is C18H26N2O3. The highest BCUT2D eigenvalue weighted by Gasteiger charge is 2.32. The average molecular weight is 318 g/mol. The molecule has 0 unspecified atom stereocenters. The summed E-state index contributed by atoms with van der Waals surface area (Å²) in [5.41, 5.74) is 6.26. The predicted molar refractivity (Wildman–Crippen MR) is 88.9 cm³/mol. The first-order valence-corrected chi connectivity index (χ1v) is 8.18. The summed E-state index contributed by atoms with van der Waals surface area (Å²) < 4.78 is 0. The fourth-order valence-electron chi connectivity index (χ4n) is 3.04. The number of aliphatic hydroxyl groups is 1. The number of benzene rings is 1. The minimum atomic E-state index is -0.725. The maximum absolute atomic E-state index is 12.4. The normalized spacial score (nSPS) is 21.2. The molecule has 5 nitrogen and oxygen atoms in total. The summed E-state index contributed by atoms with van der Waals surface area (Å²) >= 11 is 0. The number of carbonyl (C=O) groups is 2. The molecule has 2 amide bonds. The van der Waals surface area contributed by atoms with E-state index in [0.717, 1.165) is 24.8 Å². The SMILES string of the molecule is CC(C)(O)CCc1cccc(C(=O)N[C@H]2CCC[C@H]2C(N)=O)c1. The van der Waals surface area contributed by atoms with Crippen molar-refractivity contribution in [2.24, 2.45) is 11.7 Å². The molecule has 1 aliphatic carbocycles. The number of nitrogens with two attached hydrogens (primary N) is 1. The Morgan fingerprint density at radius 3 is 2.74 bits per heavy atom. The monoisotopic (exact) mass is 318 g/mol. The van der Waals surface area contributed by atoms with Crippen molar-refractivity contribution in [3.63, 3.8) is 0 Å². The number of primary amides is 1. The first kappa shape index (κ1) is 17.5. The van der Waals surface area contributed by atoms with E-state index in [1.165, 1.54) is 0 Å². The summed E-state index contributed by atoms with van der Waals surface area (Å²) in [5.74, 6) is -0.780. The molecule has 0 heterocycles. The number of amides is 2. The van der Waals surface area contributed by atoms with Gasteiger partial charge in [0.05, 0.1) is 11.5 Å². The second-order valence-electron chi connectivity index (χ2n) is 7.03. The Hall–Kier alpha value is -1.88. The van der Waals surface area contributed by atoms with Crippen molar-refractivity contribution >= 4 is 11.8 Å². The van der Waals surface area contributed by atoms with Crippen molar-refractivity contribution in [1.29, 1.82) is 0 Å². The molecule has 0 saturated heterocycles. The Balaban J connectivity index is 2.01. The molecule has 1 aromatic carbocycles. The smallest absolute Gasteiger partial charge is 0.251 e. The number of hydrogen-bond donors (Lipinski definition) is 3. The van der Waals surface area contributed by atoms with Crippen LogP contribution in [-0.4, -0.2) is 28.6 Å². The van der Waals surface area contributed by atoms with Gasteiger partial charge in [-0.25, -0.2) is 0 Å². The van der Waals surface area contributed by atoms with E-state index in [0.29, 0.717) is 18.4 Å². The van der Waals surface area contributed by atoms with Crippen LogP contribution in [0.2, 0.25) is 0 Å². The number of hydrogen-bond acceptors (Lipinski definition) is 3. The highest BCUT2D eigenvalue weighted by atomic mass is 16.3. The van der Waals surface area contributed by atoms with Crippen molar-refractivity contribution in [2.75, 3.05) is 0 Å². The van der Waals surface area contributed by atoms with Crippen LogP contribution < -0.4 is 11.1 Å². The highest BCUT2D eigenvalue weighted by Crippen LogP contribution is 2.25. The fraction of sp³-hybridized carbons (Fsp3) is 0.556. The van der Waals surface area contributed by atoms with Gasteiger partial charge in [-0.15, -0.1) is 0 Å². The minimum absolute atomic E-state index is 0.167. The molecule has 23 heavy (non-hydrogen) atoms. The molecule has 0 aliphatic heterocycles. The zero-order valence-corrected chi connectivity index (χ0v) is 13.8. The largest absolute Gasteiger partial charge is 0.390 e. The van der Waals surface area contributed by atoms with Crippen LogP contribution in [0.15, 0.2) is 24.3 Å². The highest BCUT2D eigenvalue weighted by molar-refractivity contribution is 5.95. The van der Waals surface area contributed by atoms with E-state index in [-0.39, 0.29) is 23.8 Å². The summed E-state index contributed by atoms with van der Waals surface area (Å²) in [6.07, 6.45) is 3.77. The summed E-state index contributed by atoms with van der Waals surface area (Å²) in [7, 11) is 0. The molecule has 0 aromatic heterocycles. The lowest BCUT2D eigenvalue weighted by Gasteiger charge is -2.19. The van der Waals surface area contributed by atoms with Crippen molar-refractivity contribution < 1.29 is 14.7 Å². The van der Waals surface area contributed by atoms with Crippen LogP contribution in [0.5, 0.6) is 0 Å². The zero-order valence-electron chi connectivity index (χ0n) is 13.8. The Morgan fingerprint density at radius 2 is 2.09 bits per heavy atom. The van der Waals surface area contributed by atoms with Crippen molar-refractivity contribution in [3.8, 4) is 0 Å². The van der Waals surface area contributed by atoms with Gasteiger partial charge in [-0.1, -0.05) is 18.6 Å². The number of rotatable bonds is 6. The zero-order chi connectivity index (χ0) is 17.0. The quantitative estimate of drug-likeness (QED) is 0.746. The van der Waals surface area contributed by atoms with Crippen LogP contribution in [0.4, 0.5) is 0 Å². The van der Waals surface area contributed by atoms with Crippen LogP contribution in [0.3, 0.4) is 0 Å². The number of aryl methyl sites for hydroxylation is 1. The Kier molecular flexibility index (Phi) is 5.42. The standard InChI is InChI=1S/C18H26N2O3/c1-18(2,23)10-9-12-5-3-6-13(11-12)17(22)20-15-8-4-7-14(15)16(19)21/h3,5-6,11,14-15,23H,4,7-10H2,1-2H3,(H2,19,21)(H,20,22)/t14-,15+/m1/s1. The van der Waals surface area contributed by atoms with E-state index in [1.54, 1.807) is 19.9 Å². The summed E-state index contributed by atoms with van der Waals surface area (Å²) in [5, 5.41) is 12.7. The van der Waals surface area contributed by atoms with Crippen molar-refractivity contribution in [1.82, 2.24) is 5.32 Å². The second-order valence-corrected chi connectivity index (χ2v) is 7.03. The van der Waals surface area contributed by atoms with E-state index in [4.69, 9.17) is 5.73 Å². The molecular weight excluding hydrogens is 292 g/mol. The molecule has 0 bridgehead atoms. The van der Waals surface area contributed by atoms with Gasteiger partial charge in [0.1, 0.15) is 0 Å². The average Bonchev–Trinajstić information content (AvgIpc) is 2.93. The number of nitrogens with one attached hydrogen (secondary N) is 1. The molecule has 0 radical (unpaired) electrons. The third kappa shape index (κ3) is 5.06. The third-order valence-corrected chi connectivity index (χ3v) is 4.41. The van der Waals surface area contributed by atoms with Gasteiger partial charge in [0.2, 0.25) is 5.91 Å². The summed E-state index contributed by atoms with van der Waals surface area (Å²) in [6, 6.07) is 7.23. The molecule has 1 aliphatic rings. The Bertz CT molecular complexity index is 578. The summed E-state index contributed by atoms with van der Waals surface area (Å²) in [4.78, 5) is 23.8. The fourth-order valence-corrected chi connectivity index (χ4v) is 3.04. The molecule has 1 aromatic rings. The van der Waals surface area contributed by atoms with Gasteiger partial charge in [-0.2, -0.15) is 0 Å². The molecule has 1 fully saturated rings. The van der Waals surface area contributed by atoms with Crippen molar-refractivity contribution in [3.05, 3.63) is 35.4 Å². The van der Waals surface area contributed by atoms with E-state index in [2.05, 4.69) is 5.32 Å². The number of carbonyl (C=O) groups excluding carboxylic acids is 2. The molecule has 1 saturated carbocycles. The molecule has 2 rings (SSSR count). The first-order chi connectivity index (χ1) is 10.8. The van der Waals surface area contributed by atoms with Crippen molar-refractivity contribution in [2.45, 2.75) is 57.6 Å². The van der Waals surface area contributed by atoms with E-state index >= 15 is 0 Å². The maximum atomic E-state index is 12.4. The molecule has 0 spiro atoms. The van der Waals surface area contributed by atoms with Gasteiger partial charge >= 0.3 is 0 Å². The van der Waals surface area contributed by atoms with Gasteiger partial charge in [0.25, 0.3) is 5.91 Å². The van der Waals surface area contributed by atoms with E-state index in [9.17, 15) is 14.7 Å². The van der Waals surface area contributed by atoms with Crippen LogP contribution in [0.1, 0.15) is 55.5 Å². The molecule has 5 heteroatoms. The molecule has 126 valence electrons. The van der Waals surface area contributed by atoms with Gasteiger partial charge in [-0.3, -0.25) is 9.59 Å². The maximum Gasteiger partial charge on any atom is 0.251 e. The first-order valence-electron chi connectivity index (χ1n) is 8.18. The predicted octanol–water partition coefficient (Wildman–Crippen LogP) is 1.77. The molecule has 2 atom stereocenters. The second kappa shape index (κ2) is 7.13.